The van der Waals surface area contributed by atoms with Crippen molar-refractivity contribution in [1.82, 2.24) is 5.32 Å². The normalized spacial score (nSPS) is 15.5. The monoisotopic (exact) mass is 290 g/mol. The van der Waals surface area contributed by atoms with Crippen LogP contribution in [-0.2, 0) is 6.54 Å². The maximum Gasteiger partial charge on any atom is 0.142 e. The lowest BCUT2D eigenvalue weighted by atomic mass is 10.1. The second-order valence-corrected chi connectivity index (χ2v) is 6.31. The second kappa shape index (κ2) is 8.28. The molecular weight excluding hydrogens is 260 g/mol. The number of hydrogen-bond acceptors (Lipinski definition) is 3. The van der Waals surface area contributed by atoms with Gasteiger partial charge in [-0.2, -0.15) is 0 Å². The number of nitrogens with one attached hydrogen (secondary N) is 1. The highest BCUT2D eigenvalue weighted by molar-refractivity contribution is 5.60. The van der Waals surface area contributed by atoms with Crippen LogP contribution < -0.4 is 15.0 Å². The molecule has 0 radical (unpaired) electrons. The summed E-state index contributed by atoms with van der Waals surface area (Å²) in [5.74, 6) is 1.73. The van der Waals surface area contributed by atoms with Crippen molar-refractivity contribution in [2.75, 3.05) is 31.1 Å². The Balaban J connectivity index is 2.06. The summed E-state index contributed by atoms with van der Waals surface area (Å²) in [6.07, 6.45) is 3.95. The first-order valence-electron chi connectivity index (χ1n) is 8.42. The Morgan fingerprint density at radius 2 is 1.95 bits per heavy atom. The van der Waals surface area contributed by atoms with Crippen molar-refractivity contribution in [3.63, 3.8) is 0 Å². The number of piperidine rings is 1. The van der Waals surface area contributed by atoms with Crippen LogP contribution in [0.4, 0.5) is 5.69 Å². The Morgan fingerprint density at radius 1 is 1.19 bits per heavy atom. The fourth-order valence-electron chi connectivity index (χ4n) is 2.84. The first-order valence-corrected chi connectivity index (χ1v) is 8.42. The maximum absolute atomic E-state index is 5.89. The molecule has 0 saturated carbocycles. The number of hydrogen-bond donors (Lipinski definition) is 1. The van der Waals surface area contributed by atoms with Gasteiger partial charge in [-0.1, -0.05) is 19.9 Å². The number of benzene rings is 1. The van der Waals surface area contributed by atoms with Gasteiger partial charge < -0.3 is 15.0 Å². The van der Waals surface area contributed by atoms with E-state index in [9.17, 15) is 0 Å². The van der Waals surface area contributed by atoms with Crippen LogP contribution in [0.1, 0.15) is 45.6 Å². The molecule has 1 N–H and O–H groups in total. The summed E-state index contributed by atoms with van der Waals surface area (Å²) in [5.41, 5.74) is 2.57. The Morgan fingerprint density at radius 3 is 2.62 bits per heavy atom. The first-order chi connectivity index (χ1) is 10.2. The molecule has 21 heavy (non-hydrogen) atoms. The van der Waals surface area contributed by atoms with Gasteiger partial charge in [0.15, 0.2) is 0 Å². The minimum absolute atomic E-state index is 0.684. The summed E-state index contributed by atoms with van der Waals surface area (Å²) in [6.45, 7) is 11.5. The third-order valence-electron chi connectivity index (χ3n) is 3.90. The molecule has 1 saturated heterocycles. The summed E-state index contributed by atoms with van der Waals surface area (Å²) in [4.78, 5) is 2.47. The Kier molecular flexibility index (Phi) is 6.37. The molecule has 0 aromatic heterocycles. The van der Waals surface area contributed by atoms with Gasteiger partial charge in [0.05, 0.1) is 12.3 Å². The minimum Gasteiger partial charge on any atom is -0.492 e. The van der Waals surface area contributed by atoms with Gasteiger partial charge in [-0.25, -0.2) is 0 Å². The van der Waals surface area contributed by atoms with Gasteiger partial charge in [-0.05, 0) is 56.3 Å². The molecule has 1 aliphatic heterocycles. The number of ether oxygens (including phenoxy) is 1. The summed E-state index contributed by atoms with van der Waals surface area (Å²) < 4.78 is 5.89. The molecule has 1 heterocycles. The fourth-order valence-corrected chi connectivity index (χ4v) is 2.84. The molecular formula is C18H30N2O. The zero-order valence-corrected chi connectivity index (χ0v) is 13.8. The summed E-state index contributed by atoms with van der Waals surface area (Å²) >= 11 is 0. The lowest BCUT2D eigenvalue weighted by molar-refractivity contribution is 0.339. The molecule has 0 unspecified atom stereocenters. The van der Waals surface area contributed by atoms with Crippen LogP contribution in [0.15, 0.2) is 18.2 Å². The average Bonchev–Trinajstić information content (AvgIpc) is 2.48. The third kappa shape index (κ3) is 4.92. The van der Waals surface area contributed by atoms with Crippen LogP contribution in [0.5, 0.6) is 5.75 Å². The molecule has 0 bridgehead atoms. The van der Waals surface area contributed by atoms with Crippen molar-refractivity contribution >= 4 is 5.69 Å². The molecule has 1 aromatic rings. The van der Waals surface area contributed by atoms with E-state index in [0.717, 1.165) is 38.5 Å². The van der Waals surface area contributed by atoms with Crippen molar-refractivity contribution in [3.05, 3.63) is 23.8 Å². The molecule has 0 amide bonds. The van der Waals surface area contributed by atoms with Crippen LogP contribution >= 0.6 is 0 Å². The molecule has 0 atom stereocenters. The maximum atomic E-state index is 5.89. The van der Waals surface area contributed by atoms with Crippen LogP contribution in [0.2, 0.25) is 0 Å². The van der Waals surface area contributed by atoms with Crippen LogP contribution in [0.3, 0.4) is 0 Å². The van der Waals surface area contributed by atoms with Crippen molar-refractivity contribution in [2.24, 2.45) is 5.92 Å². The molecule has 3 heteroatoms. The summed E-state index contributed by atoms with van der Waals surface area (Å²) in [7, 11) is 0. The Labute approximate surface area is 129 Å². The molecule has 118 valence electrons. The molecule has 0 aliphatic carbocycles. The van der Waals surface area contributed by atoms with E-state index in [1.54, 1.807) is 0 Å². The Hall–Kier alpha value is -1.22. The summed E-state index contributed by atoms with van der Waals surface area (Å²) in [6, 6.07) is 6.68. The van der Waals surface area contributed by atoms with Gasteiger partial charge in [-0.3, -0.25) is 0 Å². The van der Waals surface area contributed by atoms with Gasteiger partial charge in [0.2, 0.25) is 0 Å². The van der Waals surface area contributed by atoms with E-state index >= 15 is 0 Å². The molecule has 0 spiro atoms. The quantitative estimate of drug-likeness (QED) is 0.826. The zero-order valence-electron chi connectivity index (χ0n) is 13.8. The molecule has 1 fully saturated rings. The van der Waals surface area contributed by atoms with Gasteiger partial charge >= 0.3 is 0 Å². The van der Waals surface area contributed by atoms with Crippen molar-refractivity contribution in [1.29, 1.82) is 0 Å². The highest BCUT2D eigenvalue weighted by Crippen LogP contribution is 2.31. The second-order valence-electron chi connectivity index (χ2n) is 6.31. The highest BCUT2D eigenvalue weighted by Gasteiger charge is 2.15. The van der Waals surface area contributed by atoms with E-state index in [1.807, 2.05) is 0 Å². The van der Waals surface area contributed by atoms with E-state index in [4.69, 9.17) is 4.74 Å². The van der Waals surface area contributed by atoms with E-state index in [2.05, 4.69) is 49.2 Å². The largest absolute Gasteiger partial charge is 0.492 e. The number of rotatable bonds is 7. The molecule has 2 rings (SSSR count). The van der Waals surface area contributed by atoms with Crippen molar-refractivity contribution in [2.45, 2.75) is 46.6 Å². The molecule has 3 nitrogen and oxygen atoms in total. The average molecular weight is 290 g/mol. The number of anilines is 1. The smallest absolute Gasteiger partial charge is 0.142 e. The van der Waals surface area contributed by atoms with Gasteiger partial charge in [0, 0.05) is 19.6 Å². The fraction of sp³-hybridized carbons (Fsp3) is 0.667. The van der Waals surface area contributed by atoms with Gasteiger partial charge in [0.25, 0.3) is 0 Å². The van der Waals surface area contributed by atoms with Crippen LogP contribution in [0, 0.1) is 5.92 Å². The molecule has 1 aliphatic rings. The van der Waals surface area contributed by atoms with E-state index in [0.29, 0.717) is 5.92 Å². The van der Waals surface area contributed by atoms with Crippen LogP contribution in [-0.4, -0.2) is 26.2 Å². The predicted octanol–water partition coefficient (Wildman–Crippen LogP) is 3.82. The lowest BCUT2D eigenvalue weighted by Gasteiger charge is -2.30. The predicted molar refractivity (Wildman–Crippen MR) is 90.2 cm³/mol. The highest BCUT2D eigenvalue weighted by atomic mass is 16.5. The third-order valence-corrected chi connectivity index (χ3v) is 3.90. The van der Waals surface area contributed by atoms with Crippen molar-refractivity contribution in [3.8, 4) is 5.75 Å². The minimum atomic E-state index is 0.684. The van der Waals surface area contributed by atoms with Gasteiger partial charge in [-0.15, -0.1) is 0 Å². The zero-order chi connectivity index (χ0) is 15.1. The van der Waals surface area contributed by atoms with E-state index in [-0.39, 0.29) is 0 Å². The lowest BCUT2D eigenvalue weighted by Crippen LogP contribution is -2.29. The van der Waals surface area contributed by atoms with Gasteiger partial charge in [0.1, 0.15) is 5.75 Å². The standard InChI is InChI=1S/C18H30N2O/c1-4-21-18-12-16(14-19-13-15(2)3)8-9-17(18)20-10-6-5-7-11-20/h8-9,12,15,19H,4-7,10-11,13-14H2,1-3H3. The summed E-state index contributed by atoms with van der Waals surface area (Å²) in [5, 5.41) is 3.50. The van der Waals surface area contributed by atoms with Crippen molar-refractivity contribution < 1.29 is 4.74 Å². The Bertz CT molecular complexity index is 425. The first kappa shape index (κ1) is 16.2. The topological polar surface area (TPSA) is 24.5 Å². The van der Waals surface area contributed by atoms with E-state index < -0.39 is 0 Å². The SMILES string of the molecule is CCOc1cc(CNCC(C)C)ccc1N1CCCCC1. The van der Waals surface area contributed by atoms with E-state index in [1.165, 1.54) is 30.5 Å². The molecule has 1 aromatic carbocycles. The number of nitrogens with zero attached hydrogens (tertiary/aromatic N) is 1. The van der Waals surface area contributed by atoms with Crippen LogP contribution in [0.25, 0.3) is 0 Å².